The van der Waals surface area contributed by atoms with E-state index in [4.69, 9.17) is 4.74 Å². The second-order valence-corrected chi connectivity index (χ2v) is 5.57. The number of aromatic hydroxyl groups is 1. The monoisotopic (exact) mass is 364 g/mol. The van der Waals surface area contributed by atoms with Gasteiger partial charge < -0.3 is 15.2 Å². The summed E-state index contributed by atoms with van der Waals surface area (Å²) in [5.74, 6) is 0.922. The van der Waals surface area contributed by atoms with E-state index in [1.165, 1.54) is 12.8 Å². The van der Waals surface area contributed by atoms with Crippen molar-refractivity contribution in [2.75, 3.05) is 32.8 Å². The number of nitrogens with one attached hydrogen (secondary N) is 1. The summed E-state index contributed by atoms with van der Waals surface area (Å²) in [5, 5.41) is 13.9. The standard InChI is InChI=1S/C17H28N2O2.2ClH/c1-3-5-8-15(19-12-10-18-11-13-19)14-7-6-9-16(17(14)20)21-4-2;;/h6-7,9,15,18,20H,3-5,8,10-13H2,1-2H3;2*1H/t15-;;/m1../s1. The number of hydrogen-bond donors (Lipinski definition) is 2. The lowest BCUT2D eigenvalue weighted by molar-refractivity contribution is 0.160. The van der Waals surface area contributed by atoms with Gasteiger partial charge in [-0.1, -0.05) is 31.9 Å². The highest BCUT2D eigenvalue weighted by atomic mass is 35.5. The van der Waals surface area contributed by atoms with Crippen molar-refractivity contribution in [1.29, 1.82) is 0 Å². The van der Waals surface area contributed by atoms with Crippen LogP contribution in [-0.4, -0.2) is 42.8 Å². The zero-order chi connectivity index (χ0) is 15.1. The normalized spacial score (nSPS) is 16.1. The fourth-order valence-electron chi connectivity index (χ4n) is 3.01. The summed E-state index contributed by atoms with van der Waals surface area (Å²) < 4.78 is 5.54. The van der Waals surface area contributed by atoms with E-state index in [1.54, 1.807) is 0 Å². The molecule has 0 saturated carbocycles. The number of phenols is 1. The molecule has 1 aromatic carbocycles. The number of benzene rings is 1. The van der Waals surface area contributed by atoms with Gasteiger partial charge in [0.15, 0.2) is 11.5 Å². The van der Waals surface area contributed by atoms with Gasteiger partial charge in [-0.25, -0.2) is 0 Å². The van der Waals surface area contributed by atoms with Gasteiger partial charge >= 0.3 is 0 Å². The van der Waals surface area contributed by atoms with Crippen molar-refractivity contribution in [3.63, 3.8) is 0 Å². The number of rotatable bonds is 7. The minimum Gasteiger partial charge on any atom is -0.504 e. The van der Waals surface area contributed by atoms with Crippen LogP contribution in [-0.2, 0) is 0 Å². The number of unbranched alkanes of at least 4 members (excludes halogenated alkanes) is 1. The van der Waals surface area contributed by atoms with Gasteiger partial charge in [-0.3, -0.25) is 4.90 Å². The quantitative estimate of drug-likeness (QED) is 0.772. The Morgan fingerprint density at radius 3 is 2.52 bits per heavy atom. The zero-order valence-electron chi connectivity index (χ0n) is 14.1. The molecule has 0 spiro atoms. The van der Waals surface area contributed by atoms with Crippen LogP contribution in [0.25, 0.3) is 0 Å². The lowest BCUT2D eigenvalue weighted by Gasteiger charge is -2.35. The van der Waals surface area contributed by atoms with Crippen LogP contribution in [0.4, 0.5) is 0 Å². The van der Waals surface area contributed by atoms with E-state index in [1.807, 2.05) is 25.1 Å². The minimum atomic E-state index is 0. The second kappa shape index (κ2) is 11.8. The molecular weight excluding hydrogens is 335 g/mol. The molecule has 1 saturated heterocycles. The largest absolute Gasteiger partial charge is 0.504 e. The molecule has 6 heteroatoms. The van der Waals surface area contributed by atoms with Crippen molar-refractivity contribution >= 4 is 24.8 Å². The molecule has 0 amide bonds. The molecule has 0 aliphatic carbocycles. The number of piperazine rings is 1. The number of phenolic OH excluding ortho intramolecular Hbond substituents is 1. The molecule has 0 aromatic heterocycles. The molecule has 1 aromatic rings. The number of nitrogens with zero attached hydrogens (tertiary/aromatic N) is 1. The van der Waals surface area contributed by atoms with Crippen LogP contribution in [0.3, 0.4) is 0 Å². The van der Waals surface area contributed by atoms with Crippen LogP contribution in [0.5, 0.6) is 11.5 Å². The Morgan fingerprint density at radius 2 is 1.91 bits per heavy atom. The van der Waals surface area contributed by atoms with Crippen molar-refractivity contribution in [2.45, 2.75) is 39.2 Å². The first-order valence-corrected chi connectivity index (χ1v) is 8.17. The van der Waals surface area contributed by atoms with Crippen LogP contribution in [0.2, 0.25) is 0 Å². The highest BCUT2D eigenvalue weighted by molar-refractivity contribution is 5.85. The van der Waals surface area contributed by atoms with Gasteiger partial charge in [0.25, 0.3) is 0 Å². The van der Waals surface area contributed by atoms with E-state index < -0.39 is 0 Å². The fourth-order valence-corrected chi connectivity index (χ4v) is 3.01. The third kappa shape index (κ3) is 6.03. The molecule has 1 fully saturated rings. The number of halogens is 2. The van der Waals surface area contributed by atoms with E-state index in [0.29, 0.717) is 18.1 Å². The van der Waals surface area contributed by atoms with Crippen molar-refractivity contribution in [2.24, 2.45) is 0 Å². The molecule has 2 N–H and O–H groups in total. The molecule has 0 bridgehead atoms. The molecule has 1 aliphatic heterocycles. The van der Waals surface area contributed by atoms with Crippen molar-refractivity contribution in [1.82, 2.24) is 10.2 Å². The van der Waals surface area contributed by atoms with Gasteiger partial charge in [0.05, 0.1) is 6.61 Å². The first-order valence-electron chi connectivity index (χ1n) is 8.17. The van der Waals surface area contributed by atoms with E-state index >= 15 is 0 Å². The Hall–Kier alpha value is -0.680. The molecule has 2 rings (SSSR count). The van der Waals surface area contributed by atoms with Crippen molar-refractivity contribution < 1.29 is 9.84 Å². The molecular formula is C17H30Cl2N2O2. The fraction of sp³-hybridized carbons (Fsp3) is 0.647. The van der Waals surface area contributed by atoms with Gasteiger partial charge in [-0.15, -0.1) is 24.8 Å². The highest BCUT2D eigenvalue weighted by Crippen LogP contribution is 2.38. The number of hydrogen-bond acceptors (Lipinski definition) is 4. The molecule has 23 heavy (non-hydrogen) atoms. The van der Waals surface area contributed by atoms with E-state index in [0.717, 1.165) is 38.2 Å². The van der Waals surface area contributed by atoms with Crippen LogP contribution in [0, 0.1) is 0 Å². The van der Waals surface area contributed by atoms with E-state index in [-0.39, 0.29) is 30.9 Å². The van der Waals surface area contributed by atoms with Crippen LogP contribution >= 0.6 is 24.8 Å². The Kier molecular flexibility index (Phi) is 11.4. The highest BCUT2D eigenvalue weighted by Gasteiger charge is 2.25. The Morgan fingerprint density at radius 1 is 1.22 bits per heavy atom. The van der Waals surface area contributed by atoms with Crippen LogP contribution in [0.15, 0.2) is 18.2 Å². The summed E-state index contributed by atoms with van der Waals surface area (Å²) >= 11 is 0. The topological polar surface area (TPSA) is 44.7 Å². The average molecular weight is 365 g/mol. The summed E-state index contributed by atoms with van der Waals surface area (Å²) in [5.41, 5.74) is 1.01. The Bertz CT molecular complexity index is 441. The van der Waals surface area contributed by atoms with Gasteiger partial charge in [-0.05, 0) is 19.4 Å². The average Bonchev–Trinajstić information content (AvgIpc) is 2.52. The summed E-state index contributed by atoms with van der Waals surface area (Å²) in [6, 6.07) is 6.16. The molecule has 1 atom stereocenters. The van der Waals surface area contributed by atoms with Gasteiger partial charge in [0, 0.05) is 37.8 Å². The smallest absolute Gasteiger partial charge is 0.162 e. The number of para-hydroxylation sites is 1. The predicted octanol–water partition coefficient (Wildman–Crippen LogP) is 3.77. The van der Waals surface area contributed by atoms with Crippen molar-refractivity contribution in [3.05, 3.63) is 23.8 Å². The zero-order valence-corrected chi connectivity index (χ0v) is 15.7. The maximum Gasteiger partial charge on any atom is 0.162 e. The van der Waals surface area contributed by atoms with Crippen LogP contribution in [0.1, 0.15) is 44.7 Å². The SMILES string of the molecule is CCCC[C@H](c1cccc(OCC)c1O)N1CCNCC1.Cl.Cl. The van der Waals surface area contributed by atoms with Crippen molar-refractivity contribution in [3.8, 4) is 11.5 Å². The van der Waals surface area contributed by atoms with E-state index in [2.05, 4.69) is 17.1 Å². The van der Waals surface area contributed by atoms with Crippen LogP contribution < -0.4 is 10.1 Å². The summed E-state index contributed by atoms with van der Waals surface area (Å²) in [6.07, 6.45) is 3.43. The minimum absolute atomic E-state index is 0. The molecule has 0 radical (unpaired) electrons. The Balaban J connectivity index is 0.00000242. The predicted molar refractivity (Wildman–Crippen MR) is 100 cm³/mol. The third-order valence-corrected chi connectivity index (χ3v) is 4.11. The first-order chi connectivity index (χ1) is 10.3. The van der Waals surface area contributed by atoms with Gasteiger partial charge in [-0.2, -0.15) is 0 Å². The molecule has 1 heterocycles. The maximum absolute atomic E-state index is 10.6. The Labute approximate surface area is 152 Å². The summed E-state index contributed by atoms with van der Waals surface area (Å²) in [4.78, 5) is 2.48. The summed E-state index contributed by atoms with van der Waals surface area (Å²) in [6.45, 7) is 8.84. The molecule has 134 valence electrons. The van der Waals surface area contributed by atoms with E-state index in [9.17, 15) is 5.11 Å². The number of ether oxygens (including phenoxy) is 1. The van der Waals surface area contributed by atoms with Gasteiger partial charge in [0.1, 0.15) is 0 Å². The lowest BCUT2D eigenvalue weighted by Crippen LogP contribution is -2.45. The second-order valence-electron chi connectivity index (χ2n) is 5.57. The maximum atomic E-state index is 10.6. The summed E-state index contributed by atoms with van der Waals surface area (Å²) in [7, 11) is 0. The van der Waals surface area contributed by atoms with Gasteiger partial charge in [0.2, 0.25) is 0 Å². The lowest BCUT2D eigenvalue weighted by atomic mass is 9.97. The molecule has 4 nitrogen and oxygen atoms in total. The molecule has 0 unspecified atom stereocenters. The first kappa shape index (κ1) is 22.3. The third-order valence-electron chi connectivity index (χ3n) is 4.11. The molecule has 1 aliphatic rings.